The summed E-state index contributed by atoms with van der Waals surface area (Å²) < 4.78 is 11.0. The van der Waals surface area contributed by atoms with E-state index in [1.54, 1.807) is 12.3 Å². The van der Waals surface area contributed by atoms with Gasteiger partial charge in [-0.1, -0.05) is 18.2 Å². The number of nitrogens with one attached hydrogen (secondary N) is 1. The van der Waals surface area contributed by atoms with Crippen molar-refractivity contribution >= 4 is 21.6 Å². The minimum Gasteiger partial charge on any atom is -0.486 e. The van der Waals surface area contributed by atoms with Gasteiger partial charge in [-0.05, 0) is 24.3 Å². The maximum Gasteiger partial charge on any atom is 0.260 e. The Bertz CT molecular complexity index is 988. The lowest BCUT2D eigenvalue weighted by atomic mass is 10.2. The summed E-state index contributed by atoms with van der Waals surface area (Å²) in [6.45, 7) is 0.211. The van der Waals surface area contributed by atoms with Crippen LogP contribution < -0.4 is 10.3 Å². The Kier molecular flexibility index (Phi) is 3.44. The monoisotopic (exact) mass is 324 g/mol. The molecule has 5 nitrogen and oxygen atoms in total. The fourth-order valence-corrected chi connectivity index (χ4v) is 3.29. The predicted octanol–water partition coefficient (Wildman–Crippen LogP) is 3.82. The highest BCUT2D eigenvalue weighted by molar-refractivity contribution is 7.17. The fourth-order valence-electron chi connectivity index (χ4n) is 2.34. The van der Waals surface area contributed by atoms with Gasteiger partial charge >= 0.3 is 0 Å². The number of nitrogens with zero attached hydrogens (tertiary/aromatic N) is 1. The van der Waals surface area contributed by atoms with Crippen LogP contribution >= 0.6 is 11.3 Å². The highest BCUT2D eigenvalue weighted by atomic mass is 32.1. The molecule has 0 saturated heterocycles. The Morgan fingerprint density at radius 1 is 1.17 bits per heavy atom. The molecule has 114 valence electrons. The summed E-state index contributed by atoms with van der Waals surface area (Å²) in [5, 5.41) is 2.43. The molecule has 0 aliphatic rings. The van der Waals surface area contributed by atoms with Crippen LogP contribution in [0.3, 0.4) is 0 Å². The van der Waals surface area contributed by atoms with Crippen molar-refractivity contribution in [2.75, 3.05) is 0 Å². The highest BCUT2D eigenvalue weighted by Gasteiger charge is 2.14. The third-order valence-electron chi connectivity index (χ3n) is 3.40. The van der Waals surface area contributed by atoms with E-state index >= 15 is 0 Å². The molecule has 3 heterocycles. The first-order valence-electron chi connectivity index (χ1n) is 7.03. The van der Waals surface area contributed by atoms with Crippen LogP contribution in [0.25, 0.3) is 21.5 Å². The number of hydrogen-bond acceptors (Lipinski definition) is 5. The average Bonchev–Trinajstić information content (AvgIpc) is 3.23. The number of ether oxygens (including phenoxy) is 1. The van der Waals surface area contributed by atoms with E-state index in [4.69, 9.17) is 9.15 Å². The zero-order valence-corrected chi connectivity index (χ0v) is 12.8. The van der Waals surface area contributed by atoms with Gasteiger partial charge in [-0.2, -0.15) is 0 Å². The number of fused-ring (bicyclic) bond motifs is 1. The van der Waals surface area contributed by atoms with Crippen molar-refractivity contribution in [2.24, 2.45) is 0 Å². The summed E-state index contributed by atoms with van der Waals surface area (Å²) in [6.07, 6.45) is 1.59. The SMILES string of the molecule is O=c1[nH]c(COc2ccccc2)nc2scc(-c3ccco3)c12. The first kappa shape index (κ1) is 13.8. The first-order valence-corrected chi connectivity index (χ1v) is 7.91. The summed E-state index contributed by atoms with van der Waals surface area (Å²) in [6, 6.07) is 13.0. The quantitative estimate of drug-likeness (QED) is 0.619. The second kappa shape index (κ2) is 5.73. The van der Waals surface area contributed by atoms with Gasteiger partial charge in [0.2, 0.25) is 0 Å². The predicted molar refractivity (Wildman–Crippen MR) is 88.7 cm³/mol. The molecule has 1 aromatic carbocycles. The lowest BCUT2D eigenvalue weighted by Gasteiger charge is -2.05. The summed E-state index contributed by atoms with van der Waals surface area (Å²) >= 11 is 1.42. The van der Waals surface area contributed by atoms with Gasteiger partial charge in [-0.3, -0.25) is 4.79 Å². The summed E-state index contributed by atoms with van der Waals surface area (Å²) in [5.41, 5.74) is 0.577. The van der Waals surface area contributed by atoms with Gasteiger partial charge in [0.1, 0.15) is 28.8 Å². The molecule has 0 bridgehead atoms. The molecule has 0 unspecified atom stereocenters. The number of H-pyrrole nitrogens is 1. The lowest BCUT2D eigenvalue weighted by molar-refractivity contribution is 0.296. The number of furan rings is 1. The molecule has 4 rings (SSSR count). The largest absolute Gasteiger partial charge is 0.486 e. The third-order valence-corrected chi connectivity index (χ3v) is 4.27. The van der Waals surface area contributed by atoms with E-state index in [0.29, 0.717) is 21.8 Å². The number of aromatic nitrogens is 2. The molecule has 4 aromatic rings. The van der Waals surface area contributed by atoms with Gasteiger partial charge in [0, 0.05) is 10.9 Å². The minimum absolute atomic E-state index is 0.186. The van der Waals surface area contributed by atoms with E-state index < -0.39 is 0 Å². The van der Waals surface area contributed by atoms with Crippen molar-refractivity contribution < 1.29 is 9.15 Å². The standard InChI is InChI=1S/C17H12N2O3S/c20-16-15-12(13-7-4-8-21-13)10-23-17(15)19-14(18-16)9-22-11-5-2-1-3-6-11/h1-8,10H,9H2,(H,18,19,20). The van der Waals surface area contributed by atoms with E-state index in [1.165, 1.54) is 11.3 Å². The van der Waals surface area contributed by atoms with Crippen LogP contribution in [-0.2, 0) is 6.61 Å². The Morgan fingerprint density at radius 3 is 2.83 bits per heavy atom. The van der Waals surface area contributed by atoms with E-state index in [0.717, 1.165) is 11.3 Å². The molecule has 23 heavy (non-hydrogen) atoms. The molecule has 0 spiro atoms. The minimum atomic E-state index is -0.186. The van der Waals surface area contributed by atoms with Crippen molar-refractivity contribution in [1.29, 1.82) is 0 Å². The molecule has 1 N–H and O–H groups in total. The molecule has 6 heteroatoms. The highest BCUT2D eigenvalue weighted by Crippen LogP contribution is 2.30. The van der Waals surface area contributed by atoms with Crippen molar-refractivity contribution in [3.05, 3.63) is 70.3 Å². The average molecular weight is 324 g/mol. The number of thiophene rings is 1. The summed E-state index contributed by atoms with van der Waals surface area (Å²) in [5.74, 6) is 1.90. The third kappa shape index (κ3) is 2.64. The molecule has 0 aliphatic heterocycles. The number of benzene rings is 1. The van der Waals surface area contributed by atoms with E-state index in [1.807, 2.05) is 41.8 Å². The first-order chi connectivity index (χ1) is 11.3. The molecular weight excluding hydrogens is 312 g/mol. The Balaban J connectivity index is 1.67. The van der Waals surface area contributed by atoms with Gasteiger partial charge in [0.25, 0.3) is 5.56 Å². The van der Waals surface area contributed by atoms with Gasteiger partial charge in [-0.15, -0.1) is 11.3 Å². The second-order valence-corrected chi connectivity index (χ2v) is 5.78. The van der Waals surface area contributed by atoms with Crippen molar-refractivity contribution in [2.45, 2.75) is 6.61 Å². The number of aromatic amines is 1. The molecule has 0 atom stereocenters. The Labute approximate surface area is 135 Å². The Morgan fingerprint density at radius 2 is 2.04 bits per heavy atom. The van der Waals surface area contributed by atoms with Crippen LogP contribution in [0.4, 0.5) is 0 Å². The molecule has 0 saturated carbocycles. The van der Waals surface area contributed by atoms with E-state index in [-0.39, 0.29) is 12.2 Å². The van der Waals surface area contributed by atoms with Gasteiger partial charge < -0.3 is 14.1 Å². The number of rotatable bonds is 4. The summed E-state index contributed by atoms with van der Waals surface area (Å²) in [4.78, 5) is 20.3. The van der Waals surface area contributed by atoms with Crippen molar-refractivity contribution in [3.63, 3.8) is 0 Å². The van der Waals surface area contributed by atoms with Crippen LogP contribution in [0.15, 0.2) is 63.3 Å². The van der Waals surface area contributed by atoms with Gasteiger partial charge in [-0.25, -0.2) is 4.98 Å². The molecular formula is C17H12N2O3S. The summed E-state index contributed by atoms with van der Waals surface area (Å²) in [7, 11) is 0. The molecule has 0 fully saturated rings. The van der Waals surface area contributed by atoms with Crippen molar-refractivity contribution in [1.82, 2.24) is 9.97 Å². The maximum absolute atomic E-state index is 12.4. The number of para-hydroxylation sites is 1. The topological polar surface area (TPSA) is 68.1 Å². The van der Waals surface area contributed by atoms with Crippen LogP contribution in [0, 0.1) is 0 Å². The molecule has 0 radical (unpaired) electrons. The molecule has 0 amide bonds. The molecule has 3 aromatic heterocycles. The zero-order valence-electron chi connectivity index (χ0n) is 12.0. The van der Waals surface area contributed by atoms with Gasteiger partial charge in [0.05, 0.1) is 11.6 Å². The van der Waals surface area contributed by atoms with Crippen LogP contribution in [0.1, 0.15) is 5.82 Å². The normalized spacial score (nSPS) is 11.0. The van der Waals surface area contributed by atoms with Gasteiger partial charge in [0.15, 0.2) is 0 Å². The maximum atomic E-state index is 12.4. The Hall–Kier alpha value is -2.86. The van der Waals surface area contributed by atoms with E-state index in [2.05, 4.69) is 9.97 Å². The second-order valence-electron chi connectivity index (χ2n) is 4.92. The molecule has 0 aliphatic carbocycles. The van der Waals surface area contributed by atoms with Crippen LogP contribution in [0.5, 0.6) is 5.75 Å². The van der Waals surface area contributed by atoms with Crippen molar-refractivity contribution in [3.8, 4) is 17.1 Å². The van der Waals surface area contributed by atoms with E-state index in [9.17, 15) is 4.79 Å². The zero-order chi connectivity index (χ0) is 15.6. The smallest absolute Gasteiger partial charge is 0.260 e. The lowest BCUT2D eigenvalue weighted by Crippen LogP contribution is -2.13. The van der Waals surface area contributed by atoms with Crippen LogP contribution in [-0.4, -0.2) is 9.97 Å². The fraction of sp³-hybridized carbons (Fsp3) is 0.0588. The number of hydrogen-bond donors (Lipinski definition) is 1. The van der Waals surface area contributed by atoms with Crippen LogP contribution in [0.2, 0.25) is 0 Å².